The molecule has 1 saturated heterocycles. The standard InChI is InChI=1S/C24H25ClF3N3O4S/c1-2-36(34,35)30-14-17-9-10-31(15-17)23(33)19-6-5-18(21(25)11-19)12-22(32)29-13-16-3-7-20(8-4-16)24(26,27)28/h2-8,11,17,30H,1,9-10,12-15H2,(H,29,32)/t17-/m1/s1. The van der Waals surface area contributed by atoms with Gasteiger partial charge in [-0.1, -0.05) is 36.4 Å². The Morgan fingerprint density at radius 2 is 1.86 bits per heavy atom. The Kier molecular flexibility index (Phi) is 8.80. The molecule has 194 valence electrons. The van der Waals surface area contributed by atoms with E-state index in [2.05, 4.69) is 16.6 Å². The molecule has 0 aliphatic carbocycles. The molecule has 1 aliphatic heterocycles. The Bertz CT molecular complexity index is 1230. The molecule has 1 atom stereocenters. The van der Waals surface area contributed by atoms with Gasteiger partial charge in [0.25, 0.3) is 5.91 Å². The van der Waals surface area contributed by atoms with E-state index in [4.69, 9.17) is 11.6 Å². The molecule has 12 heteroatoms. The normalized spacial score (nSPS) is 16.1. The van der Waals surface area contributed by atoms with Crippen LogP contribution in [0.4, 0.5) is 13.2 Å². The molecule has 3 rings (SSSR count). The quantitative estimate of drug-likeness (QED) is 0.504. The van der Waals surface area contributed by atoms with E-state index < -0.39 is 21.8 Å². The number of amides is 2. The summed E-state index contributed by atoms with van der Waals surface area (Å²) >= 11 is 6.30. The monoisotopic (exact) mass is 543 g/mol. The number of carbonyl (C=O) groups is 2. The molecule has 36 heavy (non-hydrogen) atoms. The molecule has 1 aliphatic rings. The lowest BCUT2D eigenvalue weighted by molar-refractivity contribution is -0.137. The molecule has 7 nitrogen and oxygen atoms in total. The third-order valence-electron chi connectivity index (χ3n) is 5.79. The van der Waals surface area contributed by atoms with Crippen molar-refractivity contribution >= 4 is 33.4 Å². The molecule has 0 spiro atoms. The van der Waals surface area contributed by atoms with E-state index in [1.165, 1.54) is 18.2 Å². The molecule has 2 aromatic carbocycles. The molecule has 2 amide bonds. The lowest BCUT2D eigenvalue weighted by Gasteiger charge is -2.17. The van der Waals surface area contributed by atoms with Crippen LogP contribution in [-0.4, -0.2) is 44.8 Å². The molecule has 1 fully saturated rings. The fraction of sp³-hybridized carbons (Fsp3) is 0.333. The lowest BCUT2D eigenvalue weighted by Crippen LogP contribution is -2.32. The van der Waals surface area contributed by atoms with Crippen LogP contribution in [0, 0.1) is 5.92 Å². The lowest BCUT2D eigenvalue weighted by atomic mass is 10.1. The summed E-state index contributed by atoms with van der Waals surface area (Å²) in [6.45, 7) is 4.38. The van der Waals surface area contributed by atoms with Gasteiger partial charge >= 0.3 is 6.18 Å². The van der Waals surface area contributed by atoms with Crippen LogP contribution in [0.1, 0.15) is 33.5 Å². The minimum absolute atomic E-state index is 0.0215. The van der Waals surface area contributed by atoms with Crippen molar-refractivity contribution in [3.8, 4) is 0 Å². The van der Waals surface area contributed by atoms with Gasteiger partial charge in [-0.05, 0) is 47.7 Å². The first-order valence-electron chi connectivity index (χ1n) is 11.0. The second-order valence-electron chi connectivity index (χ2n) is 8.42. The van der Waals surface area contributed by atoms with Crippen molar-refractivity contribution in [1.82, 2.24) is 14.9 Å². The predicted octanol–water partition coefficient (Wildman–Crippen LogP) is 3.74. The summed E-state index contributed by atoms with van der Waals surface area (Å²) in [4.78, 5) is 26.8. The fourth-order valence-electron chi connectivity index (χ4n) is 3.73. The first kappa shape index (κ1) is 27.7. The second kappa shape index (κ2) is 11.4. The Morgan fingerprint density at radius 1 is 1.17 bits per heavy atom. The molecule has 2 aromatic rings. The maximum atomic E-state index is 12.8. The van der Waals surface area contributed by atoms with Crippen LogP contribution in [0.15, 0.2) is 54.5 Å². The molecular weight excluding hydrogens is 519 g/mol. The van der Waals surface area contributed by atoms with Crippen LogP contribution in [0.25, 0.3) is 0 Å². The SMILES string of the molecule is C=CS(=O)(=O)NC[C@H]1CCN(C(=O)c2ccc(CC(=O)NCc3ccc(C(F)(F)F)cc3)c(Cl)c2)C1. The van der Waals surface area contributed by atoms with Crippen molar-refractivity contribution in [1.29, 1.82) is 0 Å². The van der Waals surface area contributed by atoms with Gasteiger partial charge in [0.05, 0.1) is 12.0 Å². The van der Waals surface area contributed by atoms with Crippen LogP contribution in [0.5, 0.6) is 0 Å². The Morgan fingerprint density at radius 3 is 2.47 bits per heavy atom. The largest absolute Gasteiger partial charge is 0.416 e. The molecule has 0 aromatic heterocycles. The Labute approximate surface area is 212 Å². The second-order valence-corrected chi connectivity index (χ2v) is 10.5. The molecule has 0 saturated carbocycles. The number of halogens is 4. The number of benzene rings is 2. The molecule has 0 radical (unpaired) electrons. The average molecular weight is 544 g/mol. The first-order chi connectivity index (χ1) is 16.9. The van der Waals surface area contributed by atoms with Gasteiger partial charge in [-0.2, -0.15) is 13.2 Å². The number of likely N-dealkylation sites (tertiary alicyclic amines) is 1. The summed E-state index contributed by atoms with van der Waals surface area (Å²) in [5.74, 6) is -0.642. The molecule has 0 unspecified atom stereocenters. The highest BCUT2D eigenvalue weighted by atomic mass is 35.5. The van der Waals surface area contributed by atoms with Gasteiger partial charge in [-0.3, -0.25) is 9.59 Å². The van der Waals surface area contributed by atoms with Crippen LogP contribution in [-0.2, 0) is 34.0 Å². The molecule has 0 bridgehead atoms. The van der Waals surface area contributed by atoms with Gasteiger partial charge < -0.3 is 10.2 Å². The number of carbonyl (C=O) groups excluding carboxylic acids is 2. The highest BCUT2D eigenvalue weighted by Crippen LogP contribution is 2.29. The summed E-state index contributed by atoms with van der Waals surface area (Å²) < 4.78 is 63.4. The van der Waals surface area contributed by atoms with E-state index in [-0.39, 0.29) is 42.3 Å². The van der Waals surface area contributed by atoms with Gasteiger partial charge in [0.2, 0.25) is 15.9 Å². The van der Waals surface area contributed by atoms with Gasteiger partial charge in [0, 0.05) is 42.2 Å². The summed E-state index contributed by atoms with van der Waals surface area (Å²) in [6, 6.07) is 9.14. The first-order valence-corrected chi connectivity index (χ1v) is 12.9. The number of nitrogens with zero attached hydrogens (tertiary/aromatic N) is 1. The van der Waals surface area contributed by atoms with E-state index in [1.807, 2.05) is 0 Å². The Balaban J connectivity index is 1.52. The van der Waals surface area contributed by atoms with Crippen LogP contribution < -0.4 is 10.0 Å². The zero-order valence-electron chi connectivity index (χ0n) is 19.1. The number of rotatable bonds is 9. The third kappa shape index (κ3) is 7.55. The van der Waals surface area contributed by atoms with E-state index in [0.29, 0.717) is 36.2 Å². The topological polar surface area (TPSA) is 95.6 Å². The summed E-state index contributed by atoms with van der Waals surface area (Å²) in [7, 11) is -3.53. The van der Waals surface area contributed by atoms with E-state index in [1.54, 1.807) is 17.0 Å². The zero-order chi connectivity index (χ0) is 26.5. The molecule has 1 heterocycles. The van der Waals surface area contributed by atoms with E-state index in [0.717, 1.165) is 17.5 Å². The molecular formula is C24H25ClF3N3O4S. The number of nitrogens with one attached hydrogen (secondary N) is 2. The van der Waals surface area contributed by atoms with Crippen molar-refractivity contribution in [3.05, 3.63) is 81.7 Å². The maximum Gasteiger partial charge on any atom is 0.416 e. The van der Waals surface area contributed by atoms with Crippen molar-refractivity contribution in [2.45, 2.75) is 25.6 Å². The van der Waals surface area contributed by atoms with Gasteiger partial charge in [0.1, 0.15) is 0 Å². The Hall–Kier alpha value is -2.89. The van der Waals surface area contributed by atoms with Crippen LogP contribution in [0.2, 0.25) is 5.02 Å². The van der Waals surface area contributed by atoms with Gasteiger partial charge in [0.15, 0.2) is 0 Å². The minimum Gasteiger partial charge on any atom is -0.352 e. The summed E-state index contributed by atoms with van der Waals surface area (Å²) in [5, 5.41) is 3.71. The minimum atomic E-state index is -4.42. The van der Waals surface area contributed by atoms with Crippen molar-refractivity contribution in [2.75, 3.05) is 19.6 Å². The maximum absolute atomic E-state index is 12.8. The van der Waals surface area contributed by atoms with Crippen LogP contribution >= 0.6 is 11.6 Å². The highest BCUT2D eigenvalue weighted by Gasteiger charge is 2.30. The number of hydrogen-bond acceptors (Lipinski definition) is 4. The zero-order valence-corrected chi connectivity index (χ0v) is 20.7. The van der Waals surface area contributed by atoms with E-state index in [9.17, 15) is 31.2 Å². The highest BCUT2D eigenvalue weighted by molar-refractivity contribution is 7.92. The summed E-state index contributed by atoms with van der Waals surface area (Å²) in [5.41, 5.74) is 0.600. The predicted molar refractivity (Wildman–Crippen MR) is 130 cm³/mol. The van der Waals surface area contributed by atoms with Crippen molar-refractivity contribution in [3.63, 3.8) is 0 Å². The van der Waals surface area contributed by atoms with Crippen LogP contribution in [0.3, 0.4) is 0 Å². The third-order valence-corrected chi connectivity index (χ3v) is 7.15. The summed E-state index contributed by atoms with van der Waals surface area (Å²) in [6.07, 6.45) is -3.84. The fourth-order valence-corrected chi connectivity index (χ4v) is 4.56. The number of hydrogen-bond donors (Lipinski definition) is 2. The molecule has 2 N–H and O–H groups in total. The van der Waals surface area contributed by atoms with E-state index >= 15 is 0 Å². The van der Waals surface area contributed by atoms with Crippen molar-refractivity contribution < 1.29 is 31.2 Å². The van der Waals surface area contributed by atoms with Gasteiger partial charge in [-0.15, -0.1) is 0 Å². The number of sulfonamides is 1. The van der Waals surface area contributed by atoms with Crippen molar-refractivity contribution in [2.24, 2.45) is 5.92 Å². The smallest absolute Gasteiger partial charge is 0.352 e. The number of alkyl halides is 3. The average Bonchev–Trinajstić information content (AvgIpc) is 3.31. The van der Waals surface area contributed by atoms with Gasteiger partial charge in [-0.25, -0.2) is 13.1 Å².